The predicted octanol–water partition coefficient (Wildman–Crippen LogP) is 4.18. The fraction of sp³-hybridized carbons (Fsp3) is 0.250. The van der Waals surface area contributed by atoms with Crippen LogP contribution < -0.4 is 0 Å². The zero-order valence-electron chi connectivity index (χ0n) is 8.77. The average molecular weight is 235 g/mol. The van der Waals surface area contributed by atoms with Crippen molar-refractivity contribution < 1.29 is 0 Å². The van der Waals surface area contributed by atoms with Crippen molar-refractivity contribution in [3.05, 3.63) is 41.6 Å². The van der Waals surface area contributed by atoms with Crippen LogP contribution in [0.1, 0.15) is 23.3 Å². The molecule has 0 spiro atoms. The first kappa shape index (κ1) is 10.8. The first-order valence-electron chi connectivity index (χ1n) is 4.88. The fourth-order valence-electron chi connectivity index (χ4n) is 1.61. The number of nitrogens with zero attached hydrogens (tertiary/aromatic N) is 1. The van der Waals surface area contributed by atoms with E-state index in [0.29, 0.717) is 5.25 Å². The predicted molar refractivity (Wildman–Crippen MR) is 71.5 cm³/mol. The number of hydrogen-bond donors (Lipinski definition) is 1. The van der Waals surface area contributed by atoms with Gasteiger partial charge in [0.2, 0.25) is 0 Å². The van der Waals surface area contributed by atoms with Crippen LogP contribution in [-0.2, 0) is 0 Å². The van der Waals surface area contributed by atoms with Gasteiger partial charge in [0.25, 0.3) is 0 Å². The first-order valence-corrected chi connectivity index (χ1v) is 6.81. The molecule has 78 valence electrons. The molecule has 1 aromatic carbocycles. The Labute approximate surface area is 99.1 Å². The van der Waals surface area contributed by atoms with Crippen molar-refractivity contribution in [2.24, 2.45) is 0 Å². The standard InChI is InChI=1S/C12H13NS2/c1-8-5-6-13-12-4-3-10(7-11(8)12)9(2)15-14/h3-7,9,14H,1-2H3. The minimum Gasteiger partial charge on any atom is -0.256 e. The van der Waals surface area contributed by atoms with Gasteiger partial charge in [-0.05, 0) is 43.2 Å². The van der Waals surface area contributed by atoms with E-state index in [1.54, 1.807) is 10.8 Å². The third-order valence-electron chi connectivity index (χ3n) is 2.61. The van der Waals surface area contributed by atoms with Crippen LogP contribution in [0.4, 0.5) is 0 Å². The van der Waals surface area contributed by atoms with Crippen molar-refractivity contribution in [1.82, 2.24) is 4.98 Å². The van der Waals surface area contributed by atoms with Gasteiger partial charge >= 0.3 is 0 Å². The first-order chi connectivity index (χ1) is 7.22. The van der Waals surface area contributed by atoms with Gasteiger partial charge in [-0.3, -0.25) is 4.98 Å². The lowest BCUT2D eigenvalue weighted by Crippen LogP contribution is -1.88. The van der Waals surface area contributed by atoms with Crippen molar-refractivity contribution in [1.29, 1.82) is 0 Å². The largest absolute Gasteiger partial charge is 0.256 e. The van der Waals surface area contributed by atoms with Gasteiger partial charge in [-0.1, -0.05) is 16.9 Å². The summed E-state index contributed by atoms with van der Waals surface area (Å²) >= 11 is 4.25. The highest BCUT2D eigenvalue weighted by Crippen LogP contribution is 2.32. The van der Waals surface area contributed by atoms with Gasteiger partial charge in [0, 0.05) is 16.8 Å². The minimum atomic E-state index is 0.414. The Morgan fingerprint density at radius 2 is 2.13 bits per heavy atom. The van der Waals surface area contributed by atoms with Gasteiger partial charge < -0.3 is 0 Å². The van der Waals surface area contributed by atoms with Crippen molar-refractivity contribution in [3.8, 4) is 0 Å². The van der Waals surface area contributed by atoms with Gasteiger partial charge in [0.15, 0.2) is 0 Å². The van der Waals surface area contributed by atoms with Crippen LogP contribution in [0, 0.1) is 6.92 Å². The summed E-state index contributed by atoms with van der Waals surface area (Å²) in [5, 5.41) is 1.65. The lowest BCUT2D eigenvalue weighted by molar-refractivity contribution is 1.11. The topological polar surface area (TPSA) is 12.9 Å². The van der Waals surface area contributed by atoms with Crippen molar-refractivity contribution in [2.45, 2.75) is 19.1 Å². The summed E-state index contributed by atoms with van der Waals surface area (Å²) in [5.74, 6) is 0. The number of aryl methyl sites for hydroxylation is 1. The van der Waals surface area contributed by atoms with Crippen LogP contribution in [0.15, 0.2) is 30.5 Å². The summed E-state index contributed by atoms with van der Waals surface area (Å²) in [6.07, 6.45) is 1.86. The van der Waals surface area contributed by atoms with E-state index in [0.717, 1.165) is 5.52 Å². The molecule has 15 heavy (non-hydrogen) atoms. The van der Waals surface area contributed by atoms with E-state index in [9.17, 15) is 0 Å². The molecule has 0 aliphatic carbocycles. The maximum atomic E-state index is 4.34. The average Bonchev–Trinajstić information content (AvgIpc) is 2.28. The summed E-state index contributed by atoms with van der Waals surface area (Å²) in [6, 6.07) is 8.47. The smallest absolute Gasteiger partial charge is 0.0704 e. The highest BCUT2D eigenvalue weighted by atomic mass is 33.1. The second kappa shape index (κ2) is 4.45. The minimum absolute atomic E-state index is 0.414. The normalized spacial score (nSPS) is 13.0. The van der Waals surface area contributed by atoms with Crippen LogP contribution in [0.3, 0.4) is 0 Å². The number of fused-ring (bicyclic) bond motifs is 1. The lowest BCUT2D eigenvalue weighted by Gasteiger charge is -2.09. The maximum Gasteiger partial charge on any atom is 0.0704 e. The quantitative estimate of drug-likeness (QED) is 0.619. The third kappa shape index (κ3) is 2.13. The van der Waals surface area contributed by atoms with E-state index in [4.69, 9.17) is 0 Å². The molecule has 0 aliphatic rings. The molecule has 0 aliphatic heterocycles. The molecule has 0 bridgehead atoms. The third-order valence-corrected chi connectivity index (χ3v) is 4.15. The van der Waals surface area contributed by atoms with Crippen LogP contribution in [0.5, 0.6) is 0 Å². The number of pyridine rings is 1. The summed E-state index contributed by atoms with van der Waals surface area (Å²) in [7, 11) is 1.57. The van der Waals surface area contributed by atoms with Gasteiger partial charge in [0.1, 0.15) is 0 Å². The molecule has 3 heteroatoms. The molecule has 2 rings (SSSR count). The number of rotatable bonds is 2. The highest BCUT2D eigenvalue weighted by molar-refractivity contribution is 8.68. The van der Waals surface area contributed by atoms with Crippen LogP contribution >= 0.6 is 22.5 Å². The van der Waals surface area contributed by atoms with E-state index in [1.807, 2.05) is 12.3 Å². The van der Waals surface area contributed by atoms with E-state index >= 15 is 0 Å². The zero-order valence-corrected chi connectivity index (χ0v) is 10.5. The number of aromatic nitrogens is 1. The molecule has 1 atom stereocenters. The van der Waals surface area contributed by atoms with Gasteiger partial charge in [-0.15, -0.1) is 11.7 Å². The monoisotopic (exact) mass is 235 g/mol. The Balaban J connectivity index is 2.59. The molecule has 0 amide bonds. The molecule has 1 heterocycles. The summed E-state index contributed by atoms with van der Waals surface area (Å²) in [6.45, 7) is 4.27. The second-order valence-corrected chi connectivity index (χ2v) is 5.20. The Morgan fingerprint density at radius 1 is 1.33 bits per heavy atom. The molecule has 1 unspecified atom stereocenters. The molecular formula is C12H13NS2. The number of hydrogen-bond acceptors (Lipinski definition) is 3. The molecule has 0 radical (unpaired) electrons. The molecular weight excluding hydrogens is 222 g/mol. The lowest BCUT2D eigenvalue weighted by atomic mass is 10.1. The Morgan fingerprint density at radius 3 is 2.87 bits per heavy atom. The van der Waals surface area contributed by atoms with Gasteiger partial charge in [0.05, 0.1) is 5.52 Å². The second-order valence-electron chi connectivity index (χ2n) is 3.65. The van der Waals surface area contributed by atoms with E-state index < -0.39 is 0 Å². The SMILES string of the molecule is Cc1ccnc2ccc(C(C)SS)cc12. The Hall–Kier alpha value is -0.670. The molecule has 0 N–H and O–H groups in total. The fourth-order valence-corrected chi connectivity index (χ4v) is 2.25. The summed E-state index contributed by atoms with van der Waals surface area (Å²) in [5.41, 5.74) is 3.65. The Bertz CT molecular complexity index is 482. The van der Waals surface area contributed by atoms with Crippen LogP contribution in [0.2, 0.25) is 0 Å². The van der Waals surface area contributed by atoms with E-state index in [1.165, 1.54) is 16.5 Å². The van der Waals surface area contributed by atoms with Crippen molar-refractivity contribution in [2.75, 3.05) is 0 Å². The maximum absolute atomic E-state index is 4.34. The van der Waals surface area contributed by atoms with Crippen molar-refractivity contribution >= 4 is 33.4 Å². The molecule has 0 fully saturated rings. The van der Waals surface area contributed by atoms with Crippen LogP contribution in [-0.4, -0.2) is 4.98 Å². The molecule has 1 aromatic heterocycles. The van der Waals surface area contributed by atoms with Gasteiger partial charge in [-0.25, -0.2) is 0 Å². The number of benzene rings is 1. The molecule has 1 nitrogen and oxygen atoms in total. The molecule has 2 aromatic rings. The zero-order chi connectivity index (χ0) is 10.8. The highest BCUT2D eigenvalue weighted by Gasteiger charge is 2.06. The number of thiol groups is 1. The molecule has 0 saturated carbocycles. The summed E-state index contributed by atoms with van der Waals surface area (Å²) < 4.78 is 0. The van der Waals surface area contributed by atoms with Gasteiger partial charge in [-0.2, -0.15) is 0 Å². The van der Waals surface area contributed by atoms with Crippen LogP contribution in [0.25, 0.3) is 10.9 Å². The summed E-state index contributed by atoms with van der Waals surface area (Å²) in [4.78, 5) is 4.34. The Kier molecular flexibility index (Phi) is 3.22. The van der Waals surface area contributed by atoms with E-state index in [-0.39, 0.29) is 0 Å². The molecule has 0 saturated heterocycles. The van der Waals surface area contributed by atoms with E-state index in [2.05, 4.69) is 48.7 Å². The van der Waals surface area contributed by atoms with Crippen molar-refractivity contribution in [3.63, 3.8) is 0 Å².